The molecular weight excluding hydrogens is 194 g/mol. The molecule has 1 aliphatic rings. The molecule has 1 heteroatoms. The van der Waals surface area contributed by atoms with E-state index in [-0.39, 0.29) is 5.41 Å². The van der Waals surface area contributed by atoms with E-state index in [2.05, 4.69) is 51.1 Å². The van der Waals surface area contributed by atoms with Gasteiger partial charge in [-0.2, -0.15) is 0 Å². The molecule has 1 aromatic rings. The summed E-state index contributed by atoms with van der Waals surface area (Å²) in [5.41, 5.74) is 8.13. The Morgan fingerprint density at radius 1 is 1.31 bits per heavy atom. The molecule has 0 heterocycles. The number of hydrogen-bond acceptors (Lipinski definition) is 1. The van der Waals surface area contributed by atoms with Crippen LogP contribution in [-0.4, -0.2) is 6.04 Å². The Morgan fingerprint density at radius 2 is 1.94 bits per heavy atom. The van der Waals surface area contributed by atoms with Crippen molar-refractivity contribution in [1.29, 1.82) is 0 Å². The van der Waals surface area contributed by atoms with Crippen LogP contribution in [0.25, 0.3) is 0 Å². The van der Waals surface area contributed by atoms with Crippen molar-refractivity contribution >= 4 is 0 Å². The molecular formula is C15H23N. The third kappa shape index (κ3) is 2.15. The van der Waals surface area contributed by atoms with Gasteiger partial charge in [0.05, 0.1) is 0 Å². The Labute approximate surface area is 99.0 Å². The molecule has 0 amide bonds. The van der Waals surface area contributed by atoms with Crippen molar-refractivity contribution in [2.24, 2.45) is 17.1 Å². The molecule has 3 atom stereocenters. The minimum Gasteiger partial charge on any atom is -0.327 e. The van der Waals surface area contributed by atoms with Crippen molar-refractivity contribution in [2.45, 2.75) is 45.6 Å². The Bertz CT molecular complexity index is 342. The Kier molecular flexibility index (Phi) is 3.07. The van der Waals surface area contributed by atoms with Crippen molar-refractivity contribution in [2.75, 3.05) is 0 Å². The van der Waals surface area contributed by atoms with E-state index in [0.29, 0.717) is 17.9 Å². The van der Waals surface area contributed by atoms with Gasteiger partial charge >= 0.3 is 0 Å². The first-order valence-electron chi connectivity index (χ1n) is 6.37. The fourth-order valence-corrected chi connectivity index (χ4v) is 2.51. The summed E-state index contributed by atoms with van der Waals surface area (Å²) in [6.45, 7) is 6.82. The van der Waals surface area contributed by atoms with E-state index >= 15 is 0 Å². The first-order valence-corrected chi connectivity index (χ1v) is 6.37. The topological polar surface area (TPSA) is 26.0 Å². The lowest BCUT2D eigenvalue weighted by Crippen LogP contribution is -2.39. The fraction of sp³-hybridized carbons (Fsp3) is 0.600. The van der Waals surface area contributed by atoms with Crippen LogP contribution >= 0.6 is 0 Å². The molecule has 0 bridgehead atoms. The smallest absolute Gasteiger partial charge is 0.0125 e. The third-order valence-electron chi connectivity index (χ3n) is 4.34. The largest absolute Gasteiger partial charge is 0.327 e. The zero-order chi connectivity index (χ0) is 11.8. The van der Waals surface area contributed by atoms with E-state index in [1.165, 1.54) is 12.0 Å². The number of benzene rings is 1. The predicted molar refractivity (Wildman–Crippen MR) is 69.3 cm³/mol. The molecule has 88 valence electrons. The maximum atomic E-state index is 6.40. The lowest BCUT2D eigenvalue weighted by Gasteiger charge is -2.31. The predicted octanol–water partition coefficient (Wildman–Crippen LogP) is 3.55. The summed E-state index contributed by atoms with van der Waals surface area (Å²) in [6.07, 6.45) is 2.43. The lowest BCUT2D eigenvalue weighted by molar-refractivity contribution is 0.249. The second-order valence-corrected chi connectivity index (χ2v) is 5.78. The van der Waals surface area contributed by atoms with Crippen LogP contribution in [0.2, 0.25) is 0 Å². The first kappa shape index (κ1) is 11.7. The van der Waals surface area contributed by atoms with Gasteiger partial charge in [0.15, 0.2) is 0 Å². The van der Waals surface area contributed by atoms with Gasteiger partial charge in [-0.25, -0.2) is 0 Å². The van der Waals surface area contributed by atoms with Crippen LogP contribution in [0.3, 0.4) is 0 Å². The van der Waals surface area contributed by atoms with Crippen LogP contribution in [0.4, 0.5) is 0 Å². The Morgan fingerprint density at radius 3 is 2.50 bits per heavy atom. The molecule has 0 spiro atoms. The summed E-state index contributed by atoms with van der Waals surface area (Å²) in [5, 5.41) is 0. The second kappa shape index (κ2) is 4.21. The van der Waals surface area contributed by atoms with Crippen LogP contribution in [0, 0.1) is 11.3 Å². The minimum atomic E-state index is 0.272. The van der Waals surface area contributed by atoms with Gasteiger partial charge in [0.1, 0.15) is 0 Å². The summed E-state index contributed by atoms with van der Waals surface area (Å²) in [5.74, 6) is 1.40. The first-order chi connectivity index (χ1) is 7.56. The highest BCUT2D eigenvalue weighted by atomic mass is 14.7. The van der Waals surface area contributed by atoms with Gasteiger partial charge < -0.3 is 5.73 Å². The summed E-state index contributed by atoms with van der Waals surface area (Å²) >= 11 is 0. The summed E-state index contributed by atoms with van der Waals surface area (Å²) < 4.78 is 0. The van der Waals surface area contributed by atoms with E-state index in [0.717, 1.165) is 6.42 Å². The van der Waals surface area contributed by atoms with Crippen molar-refractivity contribution < 1.29 is 0 Å². The standard InChI is InChI=1S/C15H23N/c1-4-15(2,3)14(16)13-10-12(13)11-8-6-5-7-9-11/h5-9,12-14H,4,10,16H2,1-3H3. The van der Waals surface area contributed by atoms with E-state index in [9.17, 15) is 0 Å². The average Bonchev–Trinajstić information content (AvgIpc) is 3.09. The van der Waals surface area contributed by atoms with Crippen molar-refractivity contribution in [3.05, 3.63) is 35.9 Å². The molecule has 1 aromatic carbocycles. The van der Waals surface area contributed by atoms with Gasteiger partial charge in [-0.3, -0.25) is 0 Å². The second-order valence-electron chi connectivity index (χ2n) is 5.78. The number of nitrogens with two attached hydrogens (primary N) is 1. The van der Waals surface area contributed by atoms with Gasteiger partial charge in [0.25, 0.3) is 0 Å². The van der Waals surface area contributed by atoms with E-state index in [4.69, 9.17) is 5.73 Å². The molecule has 0 saturated heterocycles. The summed E-state index contributed by atoms with van der Waals surface area (Å²) in [4.78, 5) is 0. The lowest BCUT2D eigenvalue weighted by atomic mass is 9.79. The van der Waals surface area contributed by atoms with Gasteiger partial charge in [-0.15, -0.1) is 0 Å². The SMILES string of the molecule is CCC(C)(C)C(N)C1CC1c1ccccc1. The molecule has 0 radical (unpaired) electrons. The van der Waals surface area contributed by atoms with Gasteiger partial charge in [0.2, 0.25) is 0 Å². The molecule has 0 aliphatic heterocycles. The quantitative estimate of drug-likeness (QED) is 0.820. The highest BCUT2D eigenvalue weighted by Crippen LogP contribution is 2.52. The molecule has 16 heavy (non-hydrogen) atoms. The maximum absolute atomic E-state index is 6.40. The minimum absolute atomic E-state index is 0.272. The fourth-order valence-electron chi connectivity index (χ4n) is 2.51. The molecule has 0 aromatic heterocycles. The molecule has 2 rings (SSSR count). The highest BCUT2D eigenvalue weighted by molar-refractivity contribution is 5.27. The summed E-state index contributed by atoms with van der Waals surface area (Å²) in [6, 6.07) is 11.1. The molecule has 1 nitrogen and oxygen atoms in total. The van der Waals surface area contributed by atoms with Crippen molar-refractivity contribution in [1.82, 2.24) is 0 Å². The molecule has 1 aliphatic carbocycles. The summed E-state index contributed by atoms with van der Waals surface area (Å²) in [7, 11) is 0. The average molecular weight is 217 g/mol. The van der Waals surface area contributed by atoms with Crippen LogP contribution in [0.15, 0.2) is 30.3 Å². The molecule has 1 fully saturated rings. The molecule has 3 unspecified atom stereocenters. The van der Waals surface area contributed by atoms with Crippen LogP contribution < -0.4 is 5.73 Å². The maximum Gasteiger partial charge on any atom is 0.0125 e. The molecule has 1 saturated carbocycles. The third-order valence-corrected chi connectivity index (χ3v) is 4.34. The van der Waals surface area contributed by atoms with E-state index < -0.39 is 0 Å². The van der Waals surface area contributed by atoms with Gasteiger partial charge in [-0.05, 0) is 35.7 Å². The molecule has 2 N–H and O–H groups in total. The van der Waals surface area contributed by atoms with Crippen LogP contribution in [0.1, 0.15) is 45.1 Å². The monoisotopic (exact) mass is 217 g/mol. The van der Waals surface area contributed by atoms with Gasteiger partial charge in [-0.1, -0.05) is 51.1 Å². The van der Waals surface area contributed by atoms with E-state index in [1.54, 1.807) is 0 Å². The van der Waals surface area contributed by atoms with E-state index in [1.807, 2.05) is 0 Å². The number of rotatable bonds is 4. The zero-order valence-corrected chi connectivity index (χ0v) is 10.6. The number of hydrogen-bond donors (Lipinski definition) is 1. The Hall–Kier alpha value is -0.820. The highest BCUT2D eigenvalue weighted by Gasteiger charge is 2.46. The van der Waals surface area contributed by atoms with Crippen LogP contribution in [-0.2, 0) is 0 Å². The van der Waals surface area contributed by atoms with Crippen molar-refractivity contribution in [3.63, 3.8) is 0 Å². The van der Waals surface area contributed by atoms with Crippen molar-refractivity contribution in [3.8, 4) is 0 Å². The Balaban J connectivity index is 2.02. The zero-order valence-electron chi connectivity index (χ0n) is 10.6. The van der Waals surface area contributed by atoms with Gasteiger partial charge in [0, 0.05) is 6.04 Å². The normalized spacial score (nSPS) is 26.5. The van der Waals surface area contributed by atoms with Crippen LogP contribution in [0.5, 0.6) is 0 Å².